The van der Waals surface area contributed by atoms with Crippen LogP contribution in [0.4, 0.5) is 0 Å². The molecule has 0 saturated carbocycles. The molecule has 0 radical (unpaired) electrons. The van der Waals surface area contributed by atoms with Crippen molar-refractivity contribution in [2.75, 3.05) is 0 Å². The predicted octanol–water partition coefficient (Wildman–Crippen LogP) is 0.682. The van der Waals surface area contributed by atoms with Crippen molar-refractivity contribution in [2.45, 2.75) is 26.7 Å². The molecule has 0 aliphatic carbocycles. The van der Waals surface area contributed by atoms with Gasteiger partial charge in [0.1, 0.15) is 0 Å². The van der Waals surface area contributed by atoms with Crippen molar-refractivity contribution in [1.29, 1.82) is 0 Å². The summed E-state index contributed by atoms with van der Waals surface area (Å²) in [5.41, 5.74) is 0. The minimum absolute atomic E-state index is 0. The highest BCUT2D eigenvalue weighted by Crippen LogP contribution is 2.01. The summed E-state index contributed by atoms with van der Waals surface area (Å²) >= 11 is 0. The minimum Gasteiger partial charge on any atom is -0.481 e. The van der Waals surface area contributed by atoms with Crippen LogP contribution in [-0.4, -0.2) is 16.6 Å². The molecule has 0 bridgehead atoms. The van der Waals surface area contributed by atoms with Gasteiger partial charge in [-0.25, -0.2) is 0 Å². The second kappa shape index (κ2) is 5.56. The molecule has 9 heavy (non-hydrogen) atoms. The molecule has 0 aliphatic rings. The number of rotatable bonds is 3. The molecule has 0 aromatic rings. The molecule has 0 rings (SSSR count). The smallest absolute Gasteiger partial charge is 0.303 e. The van der Waals surface area contributed by atoms with E-state index in [4.69, 9.17) is 5.11 Å². The Kier molecular flexibility index (Phi) is 6.96. The van der Waals surface area contributed by atoms with Crippen LogP contribution in [0.3, 0.4) is 0 Å². The Morgan fingerprint density at radius 2 is 2.00 bits per heavy atom. The number of carbonyl (C=O) groups is 1. The van der Waals surface area contributed by atoms with E-state index in [1.54, 1.807) is 0 Å². The van der Waals surface area contributed by atoms with E-state index in [-0.39, 0.29) is 5.48 Å². The Morgan fingerprint density at radius 3 is 2.11 bits per heavy atom. The number of carboxylic acid groups (broad SMARTS) is 1. The first-order valence-corrected chi connectivity index (χ1v) is 2.84. The first kappa shape index (κ1) is 11.3. The Labute approximate surface area is 55.0 Å². The molecular weight excluding hydrogens is 120 g/mol. The zero-order valence-electron chi connectivity index (χ0n) is 5.85. The maximum Gasteiger partial charge on any atom is 0.303 e. The predicted molar refractivity (Wildman–Crippen MR) is 35.3 cm³/mol. The van der Waals surface area contributed by atoms with Crippen LogP contribution in [0.5, 0.6) is 0 Å². The molecule has 3 heteroatoms. The Hall–Kier alpha value is -0.570. The molecular formula is C6H14O3. The quantitative estimate of drug-likeness (QED) is 0.616. The highest BCUT2D eigenvalue weighted by Gasteiger charge is 1.97. The highest BCUT2D eigenvalue weighted by atomic mass is 16.4. The van der Waals surface area contributed by atoms with Crippen molar-refractivity contribution in [2.24, 2.45) is 5.92 Å². The fraction of sp³-hybridized carbons (Fsp3) is 0.833. The standard InChI is InChI=1S/C6H12O2.H2O/c1-5(2)3-4-6(7)8;/h5H,3-4H2,1-2H3,(H,7,8);1H2. The van der Waals surface area contributed by atoms with Crippen LogP contribution in [0.15, 0.2) is 0 Å². The van der Waals surface area contributed by atoms with E-state index in [9.17, 15) is 4.79 Å². The van der Waals surface area contributed by atoms with E-state index in [1.807, 2.05) is 13.8 Å². The van der Waals surface area contributed by atoms with Gasteiger partial charge in [-0.1, -0.05) is 13.8 Å². The zero-order chi connectivity index (χ0) is 6.57. The summed E-state index contributed by atoms with van der Waals surface area (Å²) in [5, 5.41) is 8.16. The van der Waals surface area contributed by atoms with Crippen molar-refractivity contribution in [3.8, 4) is 0 Å². The normalized spacial score (nSPS) is 8.78. The molecule has 3 N–H and O–H groups in total. The van der Waals surface area contributed by atoms with Crippen LogP contribution < -0.4 is 0 Å². The fourth-order valence-corrected chi connectivity index (χ4v) is 0.412. The van der Waals surface area contributed by atoms with Crippen LogP contribution in [0, 0.1) is 5.92 Å². The van der Waals surface area contributed by atoms with Gasteiger partial charge in [0.25, 0.3) is 0 Å². The van der Waals surface area contributed by atoms with E-state index in [0.717, 1.165) is 6.42 Å². The maximum absolute atomic E-state index is 9.90. The number of hydrogen-bond donors (Lipinski definition) is 1. The Morgan fingerprint density at radius 1 is 1.56 bits per heavy atom. The number of carboxylic acids is 1. The summed E-state index contributed by atoms with van der Waals surface area (Å²) in [7, 11) is 0. The summed E-state index contributed by atoms with van der Waals surface area (Å²) in [6.45, 7) is 4.03. The molecule has 0 amide bonds. The van der Waals surface area contributed by atoms with Crippen molar-refractivity contribution in [1.82, 2.24) is 0 Å². The van der Waals surface area contributed by atoms with Gasteiger partial charge in [0, 0.05) is 6.42 Å². The average Bonchev–Trinajstić information content (AvgIpc) is 1.61. The molecule has 0 heterocycles. The fourth-order valence-electron chi connectivity index (χ4n) is 0.412. The van der Waals surface area contributed by atoms with E-state index >= 15 is 0 Å². The largest absolute Gasteiger partial charge is 0.481 e. The SMILES string of the molecule is CC(C)CCC(=O)O.O. The molecule has 0 aromatic heterocycles. The molecule has 3 nitrogen and oxygen atoms in total. The summed E-state index contributed by atoms with van der Waals surface area (Å²) < 4.78 is 0. The van der Waals surface area contributed by atoms with Crippen LogP contribution >= 0.6 is 0 Å². The second-order valence-electron chi connectivity index (χ2n) is 2.33. The molecule has 0 fully saturated rings. The first-order chi connectivity index (χ1) is 3.63. The first-order valence-electron chi connectivity index (χ1n) is 2.84. The van der Waals surface area contributed by atoms with Crippen molar-refractivity contribution >= 4 is 5.97 Å². The third kappa shape index (κ3) is 11.2. The van der Waals surface area contributed by atoms with Crippen molar-refractivity contribution < 1.29 is 15.4 Å². The van der Waals surface area contributed by atoms with Gasteiger partial charge in [0.2, 0.25) is 0 Å². The van der Waals surface area contributed by atoms with Crippen molar-refractivity contribution in [3.05, 3.63) is 0 Å². The van der Waals surface area contributed by atoms with E-state index in [2.05, 4.69) is 0 Å². The molecule has 0 aliphatic heterocycles. The molecule has 0 spiro atoms. The summed E-state index contributed by atoms with van der Waals surface area (Å²) in [6.07, 6.45) is 1.09. The third-order valence-corrected chi connectivity index (χ3v) is 0.936. The molecule has 0 unspecified atom stereocenters. The third-order valence-electron chi connectivity index (χ3n) is 0.936. The van der Waals surface area contributed by atoms with Gasteiger partial charge in [0.05, 0.1) is 0 Å². The lowest BCUT2D eigenvalue weighted by Gasteiger charge is -1.97. The van der Waals surface area contributed by atoms with Crippen LogP contribution in [0.2, 0.25) is 0 Å². The van der Waals surface area contributed by atoms with Crippen LogP contribution in [0.1, 0.15) is 26.7 Å². The lowest BCUT2D eigenvalue weighted by molar-refractivity contribution is -0.137. The maximum atomic E-state index is 9.90. The molecule has 0 saturated heterocycles. The number of hydrogen-bond acceptors (Lipinski definition) is 1. The lowest BCUT2D eigenvalue weighted by atomic mass is 10.1. The van der Waals surface area contributed by atoms with Crippen molar-refractivity contribution in [3.63, 3.8) is 0 Å². The molecule has 0 aromatic carbocycles. The minimum atomic E-state index is -0.696. The van der Waals surface area contributed by atoms with Gasteiger partial charge >= 0.3 is 5.97 Å². The molecule has 56 valence electrons. The van der Waals surface area contributed by atoms with Gasteiger partial charge in [-0.15, -0.1) is 0 Å². The van der Waals surface area contributed by atoms with E-state index in [0.29, 0.717) is 12.3 Å². The molecule has 0 atom stereocenters. The monoisotopic (exact) mass is 134 g/mol. The summed E-state index contributed by atoms with van der Waals surface area (Å²) in [5.74, 6) is -0.190. The van der Waals surface area contributed by atoms with Crippen LogP contribution in [0.25, 0.3) is 0 Å². The topological polar surface area (TPSA) is 68.8 Å². The lowest BCUT2D eigenvalue weighted by Crippen LogP contribution is -1.97. The summed E-state index contributed by atoms with van der Waals surface area (Å²) in [4.78, 5) is 9.90. The summed E-state index contributed by atoms with van der Waals surface area (Å²) in [6, 6.07) is 0. The van der Waals surface area contributed by atoms with Gasteiger partial charge in [-0.3, -0.25) is 4.79 Å². The zero-order valence-corrected chi connectivity index (χ0v) is 5.85. The van der Waals surface area contributed by atoms with Gasteiger partial charge in [0.15, 0.2) is 0 Å². The van der Waals surface area contributed by atoms with E-state index in [1.165, 1.54) is 0 Å². The number of aliphatic carboxylic acids is 1. The second-order valence-corrected chi connectivity index (χ2v) is 2.33. The van der Waals surface area contributed by atoms with E-state index < -0.39 is 5.97 Å². The van der Waals surface area contributed by atoms with Gasteiger partial charge in [-0.05, 0) is 12.3 Å². The average molecular weight is 134 g/mol. The van der Waals surface area contributed by atoms with Crippen LogP contribution in [-0.2, 0) is 4.79 Å². The van der Waals surface area contributed by atoms with Gasteiger partial charge in [-0.2, -0.15) is 0 Å². The van der Waals surface area contributed by atoms with Gasteiger partial charge < -0.3 is 10.6 Å². The Bertz CT molecular complexity index is 78.4. The Balaban J connectivity index is 0. The highest BCUT2D eigenvalue weighted by molar-refractivity contribution is 5.66.